The summed E-state index contributed by atoms with van der Waals surface area (Å²) in [5, 5.41) is 21.4. The molecule has 16 heteroatoms. The number of carboxylic acids is 1. The molecule has 1 fully saturated rings. The molecule has 0 unspecified atom stereocenters. The number of carbonyl (C=O) groups excluding carboxylic acids is 1. The molecule has 200 valence electrons. The Bertz CT molecular complexity index is 1350. The minimum absolute atomic E-state index is 0.0614. The number of aromatic nitrogens is 2. The van der Waals surface area contributed by atoms with E-state index >= 15 is 0 Å². The lowest BCUT2D eigenvalue weighted by molar-refractivity contribution is -0.508. The lowest BCUT2D eigenvalue weighted by atomic mass is 9.77. The highest BCUT2D eigenvalue weighted by atomic mass is 32.2. The van der Waals surface area contributed by atoms with Gasteiger partial charge in [0.2, 0.25) is 22.1 Å². The lowest BCUT2D eigenvalue weighted by Gasteiger charge is -2.46. The zero-order chi connectivity index (χ0) is 27.5. The smallest absolute Gasteiger partial charge is 0.485 e. The minimum Gasteiger partial charge on any atom is -0.741 e. The Hall–Kier alpha value is -2.14. The minimum atomic E-state index is -6.09. The van der Waals surface area contributed by atoms with E-state index in [1.165, 1.54) is 4.90 Å². The highest BCUT2D eigenvalue weighted by molar-refractivity contribution is 8.00. The maximum absolute atomic E-state index is 12.5. The number of hydrogen-bond acceptors (Lipinski definition) is 8. The number of carboxylic acid groups (broad SMARTS) is 1. The van der Waals surface area contributed by atoms with Gasteiger partial charge in [0, 0.05) is 16.7 Å². The summed E-state index contributed by atoms with van der Waals surface area (Å²) in [4.78, 5) is 27.9. The number of thioether (sulfide) groups is 1. The summed E-state index contributed by atoms with van der Waals surface area (Å²) in [5.74, 6) is -2.09. The van der Waals surface area contributed by atoms with Crippen molar-refractivity contribution in [1.82, 2.24) is 9.47 Å². The molecule has 10 nitrogen and oxygen atoms in total. The van der Waals surface area contributed by atoms with E-state index in [9.17, 15) is 33.0 Å². The van der Waals surface area contributed by atoms with Gasteiger partial charge in [0.05, 0.1) is 30.0 Å². The Morgan fingerprint density at radius 1 is 1.31 bits per heavy atom. The molecule has 0 spiro atoms. The number of aryl methyl sites for hydroxylation is 1. The van der Waals surface area contributed by atoms with Gasteiger partial charge in [-0.2, -0.15) is 17.6 Å². The number of aliphatic hydroxyl groups excluding tert-OH is 1. The Kier molecular flexibility index (Phi) is 7.60. The zero-order valence-electron chi connectivity index (χ0n) is 19.7. The van der Waals surface area contributed by atoms with Gasteiger partial charge in [-0.15, -0.1) is 0 Å². The van der Waals surface area contributed by atoms with Crippen LogP contribution in [0.2, 0.25) is 0 Å². The van der Waals surface area contributed by atoms with Crippen LogP contribution in [0.5, 0.6) is 0 Å². The van der Waals surface area contributed by atoms with Crippen molar-refractivity contribution in [3.8, 4) is 0 Å². The molecule has 2 aromatic heterocycles. The maximum atomic E-state index is 12.5. The second kappa shape index (κ2) is 9.63. The molecule has 0 aliphatic carbocycles. The molecule has 0 saturated carbocycles. The molecule has 2 N–H and O–H groups in total. The standard InChI is InChI=1S/C19H23N3O4S2.CHF3O3S/c1-8(2)27-17-18-21(7-20(17)5)6-11(28-18)12-9(3)14-13(10(4)23)16(24)22(14)15(12)19(25)26;2-1(3,4)8(5,6)7/h6-10,13-14,23H,1-5H3;(H,5,6,7)/t9-,10+,13+,14+;/m0./s1. The SMILES string of the molecule is CC(C)Sc1c2sc(C3=C(C(=O)O)N4C(=O)[C@H]([C@@H](C)O)[C@H]4[C@H]3C)c[n+]2cn1C.O=S(=O)([O-])C(F)(F)F. The summed E-state index contributed by atoms with van der Waals surface area (Å²) in [5.41, 5.74) is -4.90. The fraction of sp³-hybridized carbons (Fsp3) is 0.550. The third kappa shape index (κ3) is 4.88. The van der Waals surface area contributed by atoms with Gasteiger partial charge in [0.25, 0.3) is 0 Å². The van der Waals surface area contributed by atoms with Crippen LogP contribution in [0.25, 0.3) is 10.4 Å². The van der Waals surface area contributed by atoms with Crippen molar-refractivity contribution in [2.24, 2.45) is 18.9 Å². The first kappa shape index (κ1) is 28.4. The van der Waals surface area contributed by atoms with Crippen LogP contribution in [0.3, 0.4) is 0 Å². The number of thiazole rings is 1. The number of rotatable bonds is 5. The van der Waals surface area contributed by atoms with Crippen molar-refractivity contribution in [3.63, 3.8) is 0 Å². The van der Waals surface area contributed by atoms with Gasteiger partial charge in [-0.25, -0.2) is 17.8 Å². The van der Waals surface area contributed by atoms with Crippen LogP contribution in [-0.4, -0.2) is 67.4 Å². The van der Waals surface area contributed by atoms with Gasteiger partial charge in [-0.05, 0) is 6.92 Å². The van der Waals surface area contributed by atoms with Crippen molar-refractivity contribution in [2.75, 3.05) is 0 Å². The molecule has 4 rings (SSSR count). The van der Waals surface area contributed by atoms with Crippen molar-refractivity contribution in [1.29, 1.82) is 0 Å². The molecule has 0 bridgehead atoms. The first-order valence-electron chi connectivity index (χ1n) is 10.6. The Labute approximate surface area is 212 Å². The summed E-state index contributed by atoms with van der Waals surface area (Å²) < 4.78 is 63.0. The van der Waals surface area contributed by atoms with E-state index in [1.54, 1.807) is 30.0 Å². The molecule has 0 aromatic carbocycles. The van der Waals surface area contributed by atoms with Crippen LogP contribution in [0, 0.1) is 11.8 Å². The normalized spacial score (nSPS) is 23.0. The van der Waals surface area contributed by atoms with Gasteiger partial charge < -0.3 is 19.7 Å². The first-order chi connectivity index (χ1) is 16.4. The fourth-order valence-electron chi connectivity index (χ4n) is 4.37. The lowest BCUT2D eigenvalue weighted by Crippen LogP contribution is -2.63. The largest absolute Gasteiger partial charge is 0.741 e. The van der Waals surface area contributed by atoms with E-state index in [0.29, 0.717) is 10.8 Å². The van der Waals surface area contributed by atoms with Gasteiger partial charge in [0.15, 0.2) is 10.1 Å². The summed E-state index contributed by atoms with van der Waals surface area (Å²) in [7, 11) is -4.09. The number of fused-ring (bicyclic) bond motifs is 2. The van der Waals surface area contributed by atoms with Crippen molar-refractivity contribution < 1.29 is 50.3 Å². The van der Waals surface area contributed by atoms with E-state index in [4.69, 9.17) is 13.0 Å². The maximum Gasteiger partial charge on any atom is 0.485 e. The zero-order valence-corrected chi connectivity index (χ0v) is 22.1. The third-order valence-corrected chi connectivity index (χ3v) is 8.78. The molecule has 1 amide bonds. The number of alkyl halides is 3. The monoisotopic (exact) mass is 571 g/mol. The number of aliphatic hydroxyl groups is 1. The van der Waals surface area contributed by atoms with Gasteiger partial charge in [0.1, 0.15) is 11.9 Å². The van der Waals surface area contributed by atoms with Crippen LogP contribution in [0.4, 0.5) is 13.2 Å². The van der Waals surface area contributed by atoms with E-state index in [-0.39, 0.29) is 23.6 Å². The molecular weight excluding hydrogens is 547 g/mol. The topological polar surface area (TPSA) is 144 Å². The Balaban J connectivity index is 0.000000392. The van der Waals surface area contributed by atoms with E-state index in [0.717, 1.165) is 14.7 Å². The van der Waals surface area contributed by atoms with Crippen molar-refractivity contribution in [2.45, 2.75) is 55.6 Å². The van der Waals surface area contributed by atoms with Crippen LogP contribution < -0.4 is 4.40 Å². The second-order valence-corrected chi connectivity index (χ2v) is 12.7. The highest BCUT2D eigenvalue weighted by Crippen LogP contribution is 2.51. The molecule has 2 aromatic rings. The number of β-lactam (4-membered cyclic amide) rings is 1. The Morgan fingerprint density at radius 2 is 1.86 bits per heavy atom. The summed E-state index contributed by atoms with van der Waals surface area (Å²) >= 11 is 3.32. The Morgan fingerprint density at radius 3 is 2.31 bits per heavy atom. The average Bonchev–Trinajstić information content (AvgIpc) is 3.29. The molecule has 4 heterocycles. The van der Waals surface area contributed by atoms with E-state index < -0.39 is 33.6 Å². The first-order valence-corrected chi connectivity index (χ1v) is 13.7. The van der Waals surface area contributed by atoms with Gasteiger partial charge >= 0.3 is 11.5 Å². The van der Waals surface area contributed by atoms with Crippen LogP contribution in [0.1, 0.15) is 32.6 Å². The van der Waals surface area contributed by atoms with E-state index in [2.05, 4.69) is 18.4 Å². The number of carbonyl (C=O) groups is 2. The molecule has 2 aliphatic heterocycles. The summed E-state index contributed by atoms with van der Waals surface area (Å²) in [6.07, 6.45) is 3.14. The highest BCUT2D eigenvalue weighted by Gasteiger charge is 2.60. The van der Waals surface area contributed by atoms with Crippen LogP contribution in [0.15, 0.2) is 23.2 Å². The predicted octanol–water partition coefficient (Wildman–Crippen LogP) is 2.03. The molecule has 2 aliphatic rings. The molecular formula is C20H24F3N3O7S3. The molecule has 1 saturated heterocycles. The van der Waals surface area contributed by atoms with Crippen LogP contribution in [-0.2, 0) is 26.8 Å². The number of halogens is 3. The van der Waals surface area contributed by atoms with Crippen LogP contribution >= 0.6 is 23.1 Å². The number of imidazole rings is 1. The number of hydrogen-bond donors (Lipinski definition) is 2. The van der Waals surface area contributed by atoms with Gasteiger partial charge in [-0.3, -0.25) is 4.79 Å². The second-order valence-electron chi connectivity index (χ2n) is 8.73. The molecule has 36 heavy (non-hydrogen) atoms. The number of aliphatic carboxylic acids is 1. The van der Waals surface area contributed by atoms with Crippen molar-refractivity contribution >= 4 is 55.5 Å². The molecule has 4 atom stereocenters. The summed E-state index contributed by atoms with van der Waals surface area (Å²) in [6, 6.07) is -0.296. The predicted molar refractivity (Wildman–Crippen MR) is 123 cm³/mol. The number of amides is 1. The fourth-order valence-corrected chi connectivity index (χ4v) is 6.71. The van der Waals surface area contributed by atoms with E-state index in [1.807, 2.05) is 30.9 Å². The average molecular weight is 572 g/mol. The quantitative estimate of drug-likeness (QED) is 0.182. The molecule has 0 radical (unpaired) electrons. The van der Waals surface area contributed by atoms with Gasteiger partial charge in [-0.1, -0.05) is 43.9 Å². The third-order valence-electron chi connectivity index (χ3n) is 5.77. The number of nitrogens with zero attached hydrogens (tertiary/aromatic N) is 3. The summed E-state index contributed by atoms with van der Waals surface area (Å²) in [6.45, 7) is 7.82. The van der Waals surface area contributed by atoms with Crippen molar-refractivity contribution in [3.05, 3.63) is 23.1 Å².